The fourth-order valence-electron chi connectivity index (χ4n) is 3.58. The number of rotatable bonds is 7. The lowest BCUT2D eigenvalue weighted by molar-refractivity contribution is 0.0597. The Morgan fingerprint density at radius 2 is 1.72 bits per heavy atom. The normalized spacial score (nSPS) is 11.1. The molecule has 0 N–H and O–H groups in total. The lowest BCUT2D eigenvalue weighted by Crippen LogP contribution is -2.25. The summed E-state index contributed by atoms with van der Waals surface area (Å²) in [5.74, 6) is -0.331. The van der Waals surface area contributed by atoms with Crippen LogP contribution in [0.15, 0.2) is 48.5 Å². The summed E-state index contributed by atoms with van der Waals surface area (Å²) in [6.07, 6.45) is 0. The van der Waals surface area contributed by atoms with Crippen LogP contribution >= 0.6 is 0 Å². The van der Waals surface area contributed by atoms with Crippen LogP contribution in [0.5, 0.6) is 0 Å². The van der Waals surface area contributed by atoms with E-state index in [0.29, 0.717) is 12.1 Å². The van der Waals surface area contributed by atoms with E-state index in [1.54, 1.807) is 0 Å². The molecule has 29 heavy (non-hydrogen) atoms. The Hall–Kier alpha value is -2.92. The van der Waals surface area contributed by atoms with Gasteiger partial charge in [0.05, 0.1) is 23.9 Å². The minimum atomic E-state index is -0.331. The Bertz CT molecular complexity index is 997. The standard InChI is InChI=1S/C24H29N3O2/c1-6-27(15-18-11-13-19(14-12-18)26(3)4)16-22-23(24(28)29-5)17(2)20-9-7-8-10-21(20)25-22/h7-14H,6,15-16H2,1-5H3. The zero-order chi connectivity index (χ0) is 21.0. The first-order valence-electron chi connectivity index (χ1n) is 9.89. The quantitative estimate of drug-likeness (QED) is 0.558. The van der Waals surface area contributed by atoms with Crippen molar-refractivity contribution in [1.82, 2.24) is 9.88 Å². The van der Waals surface area contributed by atoms with Gasteiger partial charge >= 0.3 is 5.97 Å². The molecule has 0 saturated heterocycles. The molecule has 0 aliphatic heterocycles. The van der Waals surface area contributed by atoms with Gasteiger partial charge in [0.1, 0.15) is 0 Å². The molecular formula is C24H29N3O2. The van der Waals surface area contributed by atoms with E-state index >= 15 is 0 Å². The smallest absolute Gasteiger partial charge is 0.340 e. The second kappa shape index (κ2) is 9.05. The summed E-state index contributed by atoms with van der Waals surface area (Å²) in [4.78, 5) is 21.7. The number of carbonyl (C=O) groups is 1. The molecule has 0 radical (unpaired) electrons. The van der Waals surface area contributed by atoms with E-state index < -0.39 is 0 Å². The molecule has 3 aromatic rings. The average molecular weight is 392 g/mol. The highest BCUT2D eigenvalue weighted by Crippen LogP contribution is 2.25. The van der Waals surface area contributed by atoms with Gasteiger partial charge in [0.25, 0.3) is 0 Å². The minimum absolute atomic E-state index is 0.331. The van der Waals surface area contributed by atoms with E-state index in [-0.39, 0.29) is 5.97 Å². The van der Waals surface area contributed by atoms with Crippen molar-refractivity contribution in [3.63, 3.8) is 0 Å². The molecule has 1 heterocycles. The van der Waals surface area contributed by atoms with E-state index in [2.05, 4.69) is 41.0 Å². The highest BCUT2D eigenvalue weighted by atomic mass is 16.5. The van der Waals surface area contributed by atoms with Crippen molar-refractivity contribution in [3.05, 3.63) is 70.9 Å². The molecule has 5 nitrogen and oxygen atoms in total. The third-order valence-corrected chi connectivity index (χ3v) is 5.30. The number of carbonyl (C=O) groups excluding carboxylic acids is 1. The van der Waals surface area contributed by atoms with Crippen LogP contribution in [0, 0.1) is 6.92 Å². The summed E-state index contributed by atoms with van der Waals surface area (Å²) in [7, 11) is 5.50. The van der Waals surface area contributed by atoms with Crippen molar-refractivity contribution in [2.75, 3.05) is 32.6 Å². The maximum atomic E-state index is 12.5. The van der Waals surface area contributed by atoms with Gasteiger partial charge in [0, 0.05) is 38.3 Å². The van der Waals surface area contributed by atoms with Crippen molar-refractivity contribution in [3.8, 4) is 0 Å². The van der Waals surface area contributed by atoms with Crippen LogP contribution < -0.4 is 4.90 Å². The third-order valence-electron chi connectivity index (χ3n) is 5.30. The number of aromatic nitrogens is 1. The Morgan fingerprint density at radius 1 is 1.03 bits per heavy atom. The number of para-hydroxylation sites is 1. The predicted octanol–water partition coefficient (Wildman–Crippen LogP) is 4.42. The second-order valence-electron chi connectivity index (χ2n) is 7.43. The summed E-state index contributed by atoms with van der Waals surface area (Å²) in [6.45, 7) is 6.32. The van der Waals surface area contributed by atoms with E-state index in [4.69, 9.17) is 9.72 Å². The summed E-state index contributed by atoms with van der Waals surface area (Å²) < 4.78 is 5.07. The topological polar surface area (TPSA) is 45.7 Å². The van der Waals surface area contributed by atoms with Crippen molar-refractivity contribution < 1.29 is 9.53 Å². The molecule has 2 aromatic carbocycles. The van der Waals surface area contributed by atoms with Gasteiger partial charge in [-0.2, -0.15) is 0 Å². The molecule has 0 aliphatic carbocycles. The maximum Gasteiger partial charge on any atom is 0.340 e. The van der Waals surface area contributed by atoms with Crippen LogP contribution in [-0.2, 0) is 17.8 Å². The zero-order valence-corrected chi connectivity index (χ0v) is 17.9. The van der Waals surface area contributed by atoms with Crippen LogP contribution in [0.3, 0.4) is 0 Å². The van der Waals surface area contributed by atoms with Gasteiger partial charge in [-0.1, -0.05) is 37.3 Å². The lowest BCUT2D eigenvalue weighted by Gasteiger charge is -2.23. The van der Waals surface area contributed by atoms with Gasteiger partial charge < -0.3 is 9.64 Å². The molecule has 0 aliphatic rings. The van der Waals surface area contributed by atoms with Crippen LogP contribution in [-0.4, -0.2) is 43.6 Å². The summed E-state index contributed by atoms with van der Waals surface area (Å²) in [6, 6.07) is 16.5. The molecule has 0 fully saturated rings. The first-order chi connectivity index (χ1) is 13.9. The highest BCUT2D eigenvalue weighted by Gasteiger charge is 2.21. The Kier molecular flexibility index (Phi) is 6.49. The average Bonchev–Trinajstić information content (AvgIpc) is 2.73. The Labute approximate surface area is 172 Å². The molecule has 0 bridgehead atoms. The Morgan fingerprint density at radius 3 is 2.34 bits per heavy atom. The van der Waals surface area contributed by atoms with E-state index in [1.165, 1.54) is 18.4 Å². The summed E-state index contributed by atoms with van der Waals surface area (Å²) >= 11 is 0. The van der Waals surface area contributed by atoms with Crippen molar-refractivity contribution in [1.29, 1.82) is 0 Å². The second-order valence-corrected chi connectivity index (χ2v) is 7.43. The van der Waals surface area contributed by atoms with Crippen LogP contribution in [0.1, 0.15) is 34.1 Å². The molecule has 3 rings (SSSR count). The van der Waals surface area contributed by atoms with Crippen molar-refractivity contribution >= 4 is 22.6 Å². The van der Waals surface area contributed by atoms with E-state index in [0.717, 1.165) is 35.2 Å². The molecule has 0 spiro atoms. The number of anilines is 1. The molecule has 152 valence electrons. The fraction of sp³-hybridized carbons (Fsp3) is 0.333. The third kappa shape index (κ3) is 4.57. The van der Waals surface area contributed by atoms with E-state index in [1.807, 2.05) is 45.3 Å². The van der Waals surface area contributed by atoms with Crippen molar-refractivity contribution in [2.24, 2.45) is 0 Å². The number of ether oxygens (including phenoxy) is 1. The molecule has 0 saturated carbocycles. The summed E-state index contributed by atoms with van der Waals surface area (Å²) in [5.41, 5.74) is 5.57. The SMILES string of the molecule is CCN(Cc1ccc(N(C)C)cc1)Cc1nc2ccccc2c(C)c1C(=O)OC. The largest absolute Gasteiger partial charge is 0.465 e. The highest BCUT2D eigenvalue weighted by molar-refractivity contribution is 5.98. The molecule has 0 amide bonds. The number of benzene rings is 2. The number of hydrogen-bond donors (Lipinski definition) is 0. The van der Waals surface area contributed by atoms with Crippen molar-refractivity contribution in [2.45, 2.75) is 26.9 Å². The molecule has 0 atom stereocenters. The van der Waals surface area contributed by atoms with Gasteiger partial charge in [-0.15, -0.1) is 0 Å². The van der Waals surface area contributed by atoms with Gasteiger partial charge in [-0.25, -0.2) is 4.79 Å². The number of fused-ring (bicyclic) bond motifs is 1. The fourth-order valence-corrected chi connectivity index (χ4v) is 3.58. The number of hydrogen-bond acceptors (Lipinski definition) is 5. The first kappa shape index (κ1) is 20.8. The molecule has 1 aromatic heterocycles. The first-order valence-corrected chi connectivity index (χ1v) is 9.89. The molecule has 0 unspecified atom stereocenters. The van der Waals surface area contributed by atoms with Crippen LogP contribution in [0.2, 0.25) is 0 Å². The van der Waals surface area contributed by atoms with Gasteiger partial charge in [0.2, 0.25) is 0 Å². The van der Waals surface area contributed by atoms with Crippen LogP contribution in [0.4, 0.5) is 5.69 Å². The Balaban J connectivity index is 1.92. The number of nitrogens with zero attached hydrogens (tertiary/aromatic N) is 3. The minimum Gasteiger partial charge on any atom is -0.465 e. The summed E-state index contributed by atoms with van der Waals surface area (Å²) in [5, 5.41) is 0.985. The molecular weight excluding hydrogens is 362 g/mol. The van der Waals surface area contributed by atoms with Gasteiger partial charge in [-0.3, -0.25) is 9.88 Å². The predicted molar refractivity (Wildman–Crippen MR) is 118 cm³/mol. The lowest BCUT2D eigenvalue weighted by atomic mass is 10.0. The number of esters is 1. The molecule has 5 heteroatoms. The monoisotopic (exact) mass is 391 g/mol. The van der Waals surface area contributed by atoms with Crippen LogP contribution in [0.25, 0.3) is 10.9 Å². The maximum absolute atomic E-state index is 12.5. The van der Waals surface area contributed by atoms with Gasteiger partial charge in [-0.05, 0) is 42.8 Å². The van der Waals surface area contributed by atoms with Gasteiger partial charge in [0.15, 0.2) is 0 Å². The number of pyridine rings is 1. The zero-order valence-electron chi connectivity index (χ0n) is 17.9. The van der Waals surface area contributed by atoms with E-state index in [9.17, 15) is 4.79 Å². The number of methoxy groups -OCH3 is 1. The number of aryl methyl sites for hydroxylation is 1.